The van der Waals surface area contributed by atoms with E-state index in [-0.39, 0.29) is 12.7 Å². The van der Waals surface area contributed by atoms with Crippen LogP contribution >= 0.6 is 0 Å². The van der Waals surface area contributed by atoms with Gasteiger partial charge >= 0.3 is 0 Å². The fraction of sp³-hybridized carbons (Fsp3) is 0.214. The summed E-state index contributed by atoms with van der Waals surface area (Å²) in [6.07, 6.45) is 5.58. The van der Waals surface area contributed by atoms with E-state index in [1.165, 1.54) is 0 Å². The Balaban J connectivity index is 1.57. The molecule has 2 heterocycles. The van der Waals surface area contributed by atoms with Crippen molar-refractivity contribution in [1.29, 1.82) is 0 Å². The van der Waals surface area contributed by atoms with Crippen LogP contribution in [0.4, 0.5) is 0 Å². The minimum atomic E-state index is -0.146. The van der Waals surface area contributed by atoms with Gasteiger partial charge in [-0.05, 0) is 18.2 Å². The second kappa shape index (κ2) is 5.56. The van der Waals surface area contributed by atoms with Gasteiger partial charge in [-0.25, -0.2) is 0 Å². The number of nitrogens with zero attached hydrogens (tertiary/aromatic N) is 2. The van der Waals surface area contributed by atoms with Crippen LogP contribution in [0.3, 0.4) is 0 Å². The van der Waals surface area contributed by atoms with E-state index in [1.54, 1.807) is 36.8 Å². The number of rotatable bonds is 4. The maximum atomic E-state index is 12.0. The summed E-state index contributed by atoms with van der Waals surface area (Å²) in [7, 11) is 0. The molecule has 0 saturated carbocycles. The molecule has 0 bridgehead atoms. The zero-order valence-electron chi connectivity index (χ0n) is 10.7. The monoisotopic (exact) mass is 271 g/mol. The standard InChI is InChI=1S/C14H13N3O3/c18-14(17-4-3-11-8-15-5-6-16-11)10-1-2-12-13(7-10)20-9-19-12/h1-2,5-8H,3-4,9H2,(H,17,18). The Morgan fingerprint density at radius 2 is 2.15 bits per heavy atom. The van der Waals surface area contributed by atoms with Crippen molar-refractivity contribution in [2.75, 3.05) is 13.3 Å². The maximum Gasteiger partial charge on any atom is 0.251 e. The van der Waals surface area contributed by atoms with Crippen molar-refractivity contribution in [2.24, 2.45) is 0 Å². The highest BCUT2D eigenvalue weighted by Crippen LogP contribution is 2.32. The molecule has 3 rings (SSSR count). The quantitative estimate of drug-likeness (QED) is 0.903. The lowest BCUT2D eigenvalue weighted by Crippen LogP contribution is -2.25. The Morgan fingerprint density at radius 1 is 1.25 bits per heavy atom. The van der Waals surface area contributed by atoms with E-state index < -0.39 is 0 Å². The molecule has 0 saturated heterocycles. The number of aromatic nitrogens is 2. The first-order valence-electron chi connectivity index (χ1n) is 6.26. The number of ether oxygens (including phenoxy) is 2. The van der Waals surface area contributed by atoms with Crippen LogP contribution in [0.15, 0.2) is 36.8 Å². The summed E-state index contributed by atoms with van der Waals surface area (Å²) in [5, 5.41) is 2.84. The molecule has 1 amide bonds. The molecule has 2 aromatic rings. The van der Waals surface area contributed by atoms with E-state index in [2.05, 4.69) is 15.3 Å². The van der Waals surface area contributed by atoms with Gasteiger partial charge in [0.25, 0.3) is 5.91 Å². The summed E-state index contributed by atoms with van der Waals surface area (Å²) >= 11 is 0. The number of hydrogen-bond acceptors (Lipinski definition) is 5. The van der Waals surface area contributed by atoms with E-state index in [1.807, 2.05) is 0 Å². The predicted octanol–water partition coefficient (Wildman–Crippen LogP) is 1.18. The third-order valence-electron chi connectivity index (χ3n) is 2.92. The van der Waals surface area contributed by atoms with E-state index >= 15 is 0 Å². The van der Waals surface area contributed by atoms with Gasteiger partial charge in [0.1, 0.15) is 0 Å². The number of carbonyl (C=O) groups is 1. The van der Waals surface area contributed by atoms with Crippen molar-refractivity contribution in [1.82, 2.24) is 15.3 Å². The lowest BCUT2D eigenvalue weighted by atomic mass is 10.2. The van der Waals surface area contributed by atoms with Crippen LogP contribution < -0.4 is 14.8 Å². The summed E-state index contributed by atoms with van der Waals surface area (Å²) in [6.45, 7) is 0.707. The summed E-state index contributed by atoms with van der Waals surface area (Å²) in [6, 6.07) is 5.13. The lowest BCUT2D eigenvalue weighted by Gasteiger charge is -2.05. The maximum absolute atomic E-state index is 12.0. The number of fused-ring (bicyclic) bond motifs is 1. The third-order valence-corrected chi connectivity index (χ3v) is 2.92. The second-order valence-corrected chi connectivity index (χ2v) is 4.27. The number of hydrogen-bond donors (Lipinski definition) is 1. The van der Waals surface area contributed by atoms with Gasteiger partial charge in [0.2, 0.25) is 6.79 Å². The molecule has 0 fully saturated rings. The molecule has 20 heavy (non-hydrogen) atoms. The summed E-state index contributed by atoms with van der Waals surface area (Å²) < 4.78 is 10.4. The van der Waals surface area contributed by atoms with Crippen LogP contribution in [0.2, 0.25) is 0 Å². The van der Waals surface area contributed by atoms with Crippen LogP contribution in [0, 0.1) is 0 Å². The Morgan fingerprint density at radius 3 is 3.00 bits per heavy atom. The molecule has 1 aliphatic heterocycles. The van der Waals surface area contributed by atoms with E-state index in [9.17, 15) is 4.79 Å². The predicted molar refractivity (Wildman–Crippen MR) is 70.6 cm³/mol. The Bertz CT molecular complexity index is 616. The van der Waals surface area contributed by atoms with Gasteiger partial charge in [0.15, 0.2) is 11.5 Å². The van der Waals surface area contributed by atoms with Gasteiger partial charge in [0, 0.05) is 37.1 Å². The molecule has 0 unspecified atom stereocenters. The van der Waals surface area contributed by atoms with Gasteiger partial charge in [-0.2, -0.15) is 0 Å². The molecule has 0 aliphatic carbocycles. The number of nitrogens with one attached hydrogen (secondary N) is 1. The van der Waals surface area contributed by atoms with Crippen molar-refractivity contribution in [2.45, 2.75) is 6.42 Å². The zero-order chi connectivity index (χ0) is 13.8. The van der Waals surface area contributed by atoms with Crippen molar-refractivity contribution in [3.05, 3.63) is 48.0 Å². The lowest BCUT2D eigenvalue weighted by molar-refractivity contribution is 0.0953. The van der Waals surface area contributed by atoms with Gasteiger partial charge in [-0.15, -0.1) is 0 Å². The minimum absolute atomic E-state index is 0.146. The van der Waals surface area contributed by atoms with Crippen LogP contribution in [0.25, 0.3) is 0 Å². The SMILES string of the molecule is O=C(NCCc1cnccn1)c1ccc2c(c1)OCO2. The van der Waals surface area contributed by atoms with Crippen molar-refractivity contribution < 1.29 is 14.3 Å². The number of carbonyl (C=O) groups excluding carboxylic acids is 1. The van der Waals surface area contributed by atoms with Gasteiger partial charge in [-0.3, -0.25) is 14.8 Å². The first-order valence-corrected chi connectivity index (χ1v) is 6.26. The van der Waals surface area contributed by atoms with Gasteiger partial charge in [-0.1, -0.05) is 0 Å². The molecule has 6 heteroatoms. The Labute approximate surface area is 115 Å². The van der Waals surface area contributed by atoms with Gasteiger partial charge in [0.05, 0.1) is 5.69 Å². The molecule has 0 radical (unpaired) electrons. The molecule has 6 nitrogen and oxygen atoms in total. The fourth-order valence-electron chi connectivity index (χ4n) is 1.90. The van der Waals surface area contributed by atoms with Crippen molar-refractivity contribution in [3.63, 3.8) is 0 Å². The fourth-order valence-corrected chi connectivity index (χ4v) is 1.90. The number of amides is 1. The smallest absolute Gasteiger partial charge is 0.251 e. The number of benzene rings is 1. The molecule has 102 valence electrons. The Hall–Kier alpha value is -2.63. The van der Waals surface area contributed by atoms with E-state index in [0.29, 0.717) is 30.0 Å². The molecule has 1 aromatic heterocycles. The summed E-state index contributed by atoms with van der Waals surface area (Å²) in [5.41, 5.74) is 1.40. The minimum Gasteiger partial charge on any atom is -0.454 e. The zero-order valence-corrected chi connectivity index (χ0v) is 10.7. The molecule has 1 aliphatic rings. The van der Waals surface area contributed by atoms with E-state index in [4.69, 9.17) is 9.47 Å². The first-order chi connectivity index (χ1) is 9.83. The Kier molecular flexibility index (Phi) is 3.45. The van der Waals surface area contributed by atoms with E-state index in [0.717, 1.165) is 5.69 Å². The highest BCUT2D eigenvalue weighted by Gasteiger charge is 2.15. The van der Waals surface area contributed by atoms with Crippen LogP contribution in [-0.2, 0) is 6.42 Å². The van der Waals surface area contributed by atoms with Crippen molar-refractivity contribution >= 4 is 5.91 Å². The average Bonchev–Trinajstić information content (AvgIpc) is 2.95. The molecule has 1 N–H and O–H groups in total. The van der Waals surface area contributed by atoms with Crippen LogP contribution in [-0.4, -0.2) is 29.2 Å². The summed E-state index contributed by atoms with van der Waals surface area (Å²) in [5.74, 6) is 1.12. The van der Waals surface area contributed by atoms with Crippen LogP contribution in [0.5, 0.6) is 11.5 Å². The molecule has 0 spiro atoms. The average molecular weight is 271 g/mol. The summed E-state index contributed by atoms with van der Waals surface area (Å²) in [4.78, 5) is 20.1. The molecule has 0 atom stereocenters. The van der Waals surface area contributed by atoms with Gasteiger partial charge < -0.3 is 14.8 Å². The van der Waals surface area contributed by atoms with Crippen LogP contribution in [0.1, 0.15) is 16.1 Å². The molecular weight excluding hydrogens is 258 g/mol. The largest absolute Gasteiger partial charge is 0.454 e. The highest BCUT2D eigenvalue weighted by atomic mass is 16.7. The third kappa shape index (κ3) is 2.69. The first kappa shape index (κ1) is 12.4. The highest BCUT2D eigenvalue weighted by molar-refractivity contribution is 5.94. The topological polar surface area (TPSA) is 73.3 Å². The molecule has 1 aromatic carbocycles. The molecular formula is C14H13N3O3. The van der Waals surface area contributed by atoms with Crippen molar-refractivity contribution in [3.8, 4) is 11.5 Å². The normalized spacial score (nSPS) is 12.2. The second-order valence-electron chi connectivity index (χ2n) is 4.27.